The molecular weight excluding hydrogens is 292 g/mol. The molecule has 3 N–H and O–H groups in total. The molecule has 0 spiro atoms. The monoisotopic (exact) mass is 310 g/mol. The highest BCUT2D eigenvalue weighted by Gasteiger charge is 2.18. The van der Waals surface area contributed by atoms with Crippen molar-refractivity contribution in [2.24, 2.45) is 0 Å². The van der Waals surface area contributed by atoms with Crippen LogP contribution in [0.2, 0.25) is 0 Å². The first-order valence-electron chi connectivity index (χ1n) is 6.91. The summed E-state index contributed by atoms with van der Waals surface area (Å²) in [4.78, 5) is 11.7. The van der Waals surface area contributed by atoms with Crippen molar-refractivity contribution in [2.75, 3.05) is 19.8 Å². The number of benzene rings is 1. The predicted octanol–water partition coefficient (Wildman–Crippen LogP) is 1.02. The van der Waals surface area contributed by atoms with Crippen molar-refractivity contribution in [3.63, 3.8) is 0 Å². The Labute approximate surface area is 126 Å². The van der Waals surface area contributed by atoms with Crippen LogP contribution in [0.5, 0.6) is 17.2 Å². The van der Waals surface area contributed by atoms with Crippen LogP contribution in [0.3, 0.4) is 0 Å². The Kier molecular flexibility index (Phi) is 5.24. The smallest absolute Gasteiger partial charge is 0.383 e. The minimum Gasteiger partial charge on any atom is -0.503 e. The van der Waals surface area contributed by atoms with Crippen molar-refractivity contribution in [3.05, 3.63) is 28.6 Å². The zero-order valence-corrected chi connectivity index (χ0v) is 12.1. The number of hydrogen-bond donors (Lipinski definition) is 3. The molecule has 1 heterocycles. The minimum atomic E-state index is -0.875. The van der Waals surface area contributed by atoms with Gasteiger partial charge in [0.05, 0.1) is 25.9 Å². The fourth-order valence-corrected chi connectivity index (χ4v) is 1.97. The fourth-order valence-electron chi connectivity index (χ4n) is 1.97. The molecule has 7 heteroatoms. The molecule has 1 aromatic heterocycles. The number of aromatic hydroxyl groups is 1. The second-order valence-electron chi connectivity index (χ2n) is 4.60. The highest BCUT2D eigenvalue weighted by atomic mass is 16.5. The lowest BCUT2D eigenvalue weighted by Gasteiger charge is -2.12. The lowest BCUT2D eigenvalue weighted by Crippen LogP contribution is -2.16. The first-order chi connectivity index (χ1) is 10.6. The maximum Gasteiger partial charge on any atom is 0.383 e. The topological polar surface area (TPSA) is 109 Å². The van der Waals surface area contributed by atoms with Gasteiger partial charge in [0.25, 0.3) is 0 Å². The number of rotatable bonds is 7. The SMILES string of the molecule is CCOc1c(O)c2c(OCCC(O)CO)cccc2oc1=O. The summed E-state index contributed by atoms with van der Waals surface area (Å²) in [6, 6.07) is 4.74. The van der Waals surface area contributed by atoms with Crippen molar-refractivity contribution in [1.29, 1.82) is 0 Å². The summed E-state index contributed by atoms with van der Waals surface area (Å²) in [6.07, 6.45) is -0.650. The summed E-state index contributed by atoms with van der Waals surface area (Å²) < 4.78 is 15.7. The molecule has 0 aliphatic carbocycles. The first-order valence-corrected chi connectivity index (χ1v) is 6.91. The van der Waals surface area contributed by atoms with Crippen molar-refractivity contribution in [1.82, 2.24) is 0 Å². The maximum atomic E-state index is 11.7. The van der Waals surface area contributed by atoms with E-state index in [4.69, 9.17) is 19.0 Å². The Bertz CT molecular complexity index is 692. The Hall–Kier alpha value is -2.25. The van der Waals surface area contributed by atoms with Crippen LogP contribution in [0.25, 0.3) is 11.0 Å². The van der Waals surface area contributed by atoms with E-state index in [-0.39, 0.29) is 48.7 Å². The van der Waals surface area contributed by atoms with Gasteiger partial charge in [0.1, 0.15) is 16.7 Å². The summed E-state index contributed by atoms with van der Waals surface area (Å²) in [6.45, 7) is 1.66. The zero-order valence-electron chi connectivity index (χ0n) is 12.1. The van der Waals surface area contributed by atoms with Gasteiger partial charge in [-0.05, 0) is 19.1 Å². The fraction of sp³-hybridized carbons (Fsp3) is 0.400. The summed E-state index contributed by atoms with van der Waals surface area (Å²) in [5.41, 5.74) is -0.592. The van der Waals surface area contributed by atoms with E-state index in [1.807, 2.05) is 0 Å². The Morgan fingerprint density at radius 1 is 1.32 bits per heavy atom. The number of ether oxygens (including phenoxy) is 2. The van der Waals surface area contributed by atoms with Crippen LogP contribution in [0.15, 0.2) is 27.4 Å². The van der Waals surface area contributed by atoms with Crippen LogP contribution in [-0.2, 0) is 0 Å². The van der Waals surface area contributed by atoms with Crippen LogP contribution in [0.1, 0.15) is 13.3 Å². The Morgan fingerprint density at radius 3 is 2.77 bits per heavy atom. The van der Waals surface area contributed by atoms with Crippen molar-refractivity contribution < 1.29 is 29.2 Å². The van der Waals surface area contributed by atoms with E-state index >= 15 is 0 Å². The highest BCUT2D eigenvalue weighted by Crippen LogP contribution is 2.37. The van der Waals surface area contributed by atoms with Crippen LogP contribution >= 0.6 is 0 Å². The summed E-state index contributed by atoms with van der Waals surface area (Å²) in [5.74, 6) is -0.308. The van der Waals surface area contributed by atoms with E-state index < -0.39 is 11.7 Å². The van der Waals surface area contributed by atoms with Crippen LogP contribution in [-0.4, -0.2) is 41.2 Å². The van der Waals surface area contributed by atoms with Gasteiger partial charge in [-0.1, -0.05) is 6.07 Å². The molecule has 7 nitrogen and oxygen atoms in total. The van der Waals surface area contributed by atoms with Gasteiger partial charge in [0.15, 0.2) is 5.75 Å². The molecule has 0 saturated carbocycles. The van der Waals surface area contributed by atoms with E-state index in [0.717, 1.165) is 0 Å². The quantitative estimate of drug-likeness (QED) is 0.655. The standard InChI is InChI=1S/C15H18O7/c1-2-20-14-13(18)12-10(21-7-6-9(17)8-16)4-3-5-11(12)22-15(14)19/h3-5,9,16-18H,2,6-8H2,1H3. The second-order valence-corrected chi connectivity index (χ2v) is 4.60. The molecule has 0 aliphatic rings. The molecule has 120 valence electrons. The highest BCUT2D eigenvalue weighted by molar-refractivity contribution is 5.91. The molecule has 0 bridgehead atoms. The summed E-state index contributed by atoms with van der Waals surface area (Å²) >= 11 is 0. The van der Waals surface area contributed by atoms with Gasteiger partial charge < -0.3 is 29.2 Å². The minimum absolute atomic E-state index is 0.128. The van der Waals surface area contributed by atoms with Gasteiger partial charge in [-0.15, -0.1) is 0 Å². The average Bonchev–Trinajstić information content (AvgIpc) is 2.51. The summed E-state index contributed by atoms with van der Waals surface area (Å²) in [7, 11) is 0. The predicted molar refractivity (Wildman–Crippen MR) is 78.5 cm³/mol. The molecule has 0 fully saturated rings. The lowest BCUT2D eigenvalue weighted by atomic mass is 10.2. The molecule has 0 radical (unpaired) electrons. The molecule has 1 atom stereocenters. The number of aliphatic hydroxyl groups is 2. The normalized spacial score (nSPS) is 12.3. The van der Waals surface area contributed by atoms with E-state index in [9.17, 15) is 15.0 Å². The Balaban J connectivity index is 2.38. The molecule has 0 saturated heterocycles. The van der Waals surface area contributed by atoms with Crippen LogP contribution < -0.4 is 15.1 Å². The number of aliphatic hydroxyl groups excluding tert-OH is 2. The average molecular weight is 310 g/mol. The van der Waals surface area contributed by atoms with Crippen LogP contribution in [0.4, 0.5) is 0 Å². The Morgan fingerprint density at radius 2 is 2.09 bits per heavy atom. The third kappa shape index (κ3) is 3.32. The van der Waals surface area contributed by atoms with Gasteiger partial charge in [-0.25, -0.2) is 4.79 Å². The van der Waals surface area contributed by atoms with Crippen molar-refractivity contribution >= 4 is 11.0 Å². The van der Waals surface area contributed by atoms with E-state index in [2.05, 4.69) is 0 Å². The van der Waals surface area contributed by atoms with Gasteiger partial charge in [0, 0.05) is 6.42 Å². The van der Waals surface area contributed by atoms with E-state index in [1.165, 1.54) is 6.07 Å². The molecular formula is C15H18O7. The molecule has 0 aliphatic heterocycles. The van der Waals surface area contributed by atoms with E-state index in [0.29, 0.717) is 5.75 Å². The molecule has 22 heavy (non-hydrogen) atoms. The molecule has 2 aromatic rings. The molecule has 0 amide bonds. The first kappa shape index (κ1) is 16.1. The van der Waals surface area contributed by atoms with Gasteiger partial charge in [-0.2, -0.15) is 0 Å². The molecule has 1 aromatic carbocycles. The zero-order chi connectivity index (χ0) is 16.1. The molecule has 1 unspecified atom stereocenters. The third-order valence-corrected chi connectivity index (χ3v) is 3.04. The summed E-state index contributed by atoms with van der Waals surface area (Å²) in [5, 5.41) is 28.5. The molecule has 2 rings (SSSR count). The van der Waals surface area contributed by atoms with Crippen molar-refractivity contribution in [3.8, 4) is 17.2 Å². The van der Waals surface area contributed by atoms with Gasteiger partial charge in [0.2, 0.25) is 5.75 Å². The third-order valence-electron chi connectivity index (χ3n) is 3.04. The van der Waals surface area contributed by atoms with Gasteiger partial charge >= 0.3 is 5.63 Å². The van der Waals surface area contributed by atoms with E-state index in [1.54, 1.807) is 19.1 Å². The lowest BCUT2D eigenvalue weighted by molar-refractivity contribution is 0.0756. The maximum absolute atomic E-state index is 11.7. The number of hydrogen-bond acceptors (Lipinski definition) is 7. The van der Waals surface area contributed by atoms with Crippen molar-refractivity contribution in [2.45, 2.75) is 19.4 Å². The van der Waals surface area contributed by atoms with Crippen LogP contribution in [0, 0.1) is 0 Å². The number of fused-ring (bicyclic) bond motifs is 1. The second kappa shape index (κ2) is 7.15. The van der Waals surface area contributed by atoms with Gasteiger partial charge in [-0.3, -0.25) is 0 Å². The largest absolute Gasteiger partial charge is 0.503 e.